The zero-order valence-corrected chi connectivity index (χ0v) is 12.3. The van der Waals surface area contributed by atoms with Gasteiger partial charge in [0.25, 0.3) is 0 Å². The van der Waals surface area contributed by atoms with Crippen molar-refractivity contribution >= 4 is 17.5 Å². The minimum absolute atomic E-state index is 0.353. The molecule has 0 aliphatic rings. The van der Waals surface area contributed by atoms with Crippen LogP contribution in [-0.4, -0.2) is 40.9 Å². The van der Waals surface area contributed by atoms with E-state index in [9.17, 15) is 4.79 Å². The maximum Gasteiger partial charge on any atom is 0.308 e. The van der Waals surface area contributed by atoms with Crippen molar-refractivity contribution in [3.05, 3.63) is 5.69 Å². The van der Waals surface area contributed by atoms with Crippen LogP contribution in [0.5, 0.6) is 0 Å². The van der Waals surface area contributed by atoms with E-state index in [4.69, 9.17) is 5.11 Å². The average Bonchev–Trinajstić information content (AvgIpc) is 3.05. The zero-order chi connectivity index (χ0) is 14.7. The normalized spacial score (nSPS) is 14.2. The molecule has 0 spiro atoms. The van der Waals surface area contributed by atoms with Crippen LogP contribution in [-0.2, 0) is 11.2 Å². The topological polar surface area (TPSA) is 107 Å². The van der Waals surface area contributed by atoms with E-state index in [1.54, 1.807) is 13.8 Å². The molecular weight excluding hydrogens is 280 g/mol. The molecule has 0 bridgehead atoms. The Morgan fingerprint density at radius 2 is 2.15 bits per heavy atom. The van der Waals surface area contributed by atoms with Gasteiger partial charge in [0.15, 0.2) is 5.82 Å². The molecular formula is C11H16N6O2S. The summed E-state index contributed by atoms with van der Waals surface area (Å²) in [6.45, 7) is 5.48. The second-order valence-electron chi connectivity index (χ2n) is 4.61. The number of aliphatic carboxylic acids is 1. The number of carboxylic acids is 1. The molecule has 108 valence electrons. The predicted molar refractivity (Wildman–Crippen MR) is 72.2 cm³/mol. The van der Waals surface area contributed by atoms with E-state index in [-0.39, 0.29) is 6.04 Å². The van der Waals surface area contributed by atoms with Gasteiger partial charge in [0.1, 0.15) is 4.88 Å². The number of aryl methyl sites for hydroxylation is 1. The lowest BCUT2D eigenvalue weighted by atomic mass is 10.0. The van der Waals surface area contributed by atoms with Crippen LogP contribution in [0.3, 0.4) is 0 Å². The summed E-state index contributed by atoms with van der Waals surface area (Å²) in [6.07, 6.45) is 1.74. The number of aromatic nitrogens is 6. The molecule has 2 aromatic heterocycles. The van der Waals surface area contributed by atoms with Gasteiger partial charge in [0.05, 0.1) is 17.7 Å². The molecule has 0 aliphatic carbocycles. The van der Waals surface area contributed by atoms with Gasteiger partial charge in [0, 0.05) is 0 Å². The van der Waals surface area contributed by atoms with Crippen molar-refractivity contribution in [2.75, 3.05) is 0 Å². The zero-order valence-electron chi connectivity index (χ0n) is 11.5. The largest absolute Gasteiger partial charge is 0.481 e. The lowest BCUT2D eigenvalue weighted by Crippen LogP contribution is -2.23. The Kier molecular flexibility index (Phi) is 4.38. The van der Waals surface area contributed by atoms with E-state index >= 15 is 0 Å². The van der Waals surface area contributed by atoms with Crippen molar-refractivity contribution in [1.82, 2.24) is 29.8 Å². The Hall–Kier alpha value is -1.90. The van der Waals surface area contributed by atoms with Crippen LogP contribution in [0.1, 0.15) is 38.9 Å². The molecule has 0 saturated carbocycles. The van der Waals surface area contributed by atoms with Crippen molar-refractivity contribution in [2.45, 2.75) is 39.7 Å². The Bertz CT molecular complexity index is 595. The third-order valence-corrected chi connectivity index (χ3v) is 4.00. The Morgan fingerprint density at radius 1 is 1.40 bits per heavy atom. The maximum absolute atomic E-state index is 11.1. The number of hydrogen-bond donors (Lipinski definition) is 1. The minimum Gasteiger partial charge on any atom is -0.481 e. The molecule has 0 saturated heterocycles. The van der Waals surface area contributed by atoms with Gasteiger partial charge in [-0.3, -0.25) is 4.79 Å². The molecule has 2 unspecified atom stereocenters. The summed E-state index contributed by atoms with van der Waals surface area (Å²) < 4.78 is 5.48. The van der Waals surface area contributed by atoms with E-state index < -0.39 is 11.9 Å². The van der Waals surface area contributed by atoms with Gasteiger partial charge in [-0.15, -0.1) is 10.2 Å². The molecule has 0 aromatic carbocycles. The van der Waals surface area contributed by atoms with Crippen molar-refractivity contribution in [3.8, 4) is 10.7 Å². The first-order valence-corrected chi connectivity index (χ1v) is 7.15. The molecule has 2 aromatic rings. The summed E-state index contributed by atoms with van der Waals surface area (Å²) in [5.41, 5.74) is 0.851. The van der Waals surface area contributed by atoms with Gasteiger partial charge in [0.2, 0.25) is 0 Å². The van der Waals surface area contributed by atoms with Crippen molar-refractivity contribution < 1.29 is 9.90 Å². The van der Waals surface area contributed by atoms with Gasteiger partial charge in [-0.2, -0.15) is 0 Å². The van der Waals surface area contributed by atoms with E-state index in [0.717, 1.165) is 23.4 Å². The van der Waals surface area contributed by atoms with Gasteiger partial charge >= 0.3 is 5.97 Å². The van der Waals surface area contributed by atoms with Crippen molar-refractivity contribution in [2.24, 2.45) is 5.92 Å². The first-order valence-electron chi connectivity index (χ1n) is 6.38. The summed E-state index contributed by atoms with van der Waals surface area (Å²) in [6, 6.07) is -0.353. The van der Waals surface area contributed by atoms with Crippen LogP contribution in [0.15, 0.2) is 0 Å². The van der Waals surface area contributed by atoms with Crippen LogP contribution in [0.2, 0.25) is 0 Å². The van der Waals surface area contributed by atoms with Gasteiger partial charge in [-0.1, -0.05) is 17.8 Å². The minimum atomic E-state index is -0.879. The summed E-state index contributed by atoms with van der Waals surface area (Å²) in [5, 5.41) is 24.8. The Labute approximate surface area is 120 Å². The molecule has 2 heterocycles. The molecule has 2 atom stereocenters. The number of rotatable bonds is 6. The van der Waals surface area contributed by atoms with Gasteiger partial charge in [-0.25, -0.2) is 4.68 Å². The van der Waals surface area contributed by atoms with Crippen LogP contribution in [0, 0.1) is 5.92 Å². The lowest BCUT2D eigenvalue weighted by molar-refractivity contribution is -0.142. The van der Waals surface area contributed by atoms with Crippen molar-refractivity contribution in [1.29, 1.82) is 0 Å². The molecule has 8 nitrogen and oxygen atoms in total. The van der Waals surface area contributed by atoms with E-state index in [1.807, 2.05) is 0 Å². The highest BCUT2D eigenvalue weighted by atomic mass is 32.1. The summed E-state index contributed by atoms with van der Waals surface area (Å²) in [4.78, 5) is 11.9. The van der Waals surface area contributed by atoms with E-state index in [2.05, 4.69) is 32.0 Å². The third-order valence-electron chi connectivity index (χ3n) is 3.24. The Morgan fingerprint density at radius 3 is 2.80 bits per heavy atom. The highest BCUT2D eigenvalue weighted by molar-refractivity contribution is 7.09. The summed E-state index contributed by atoms with van der Waals surface area (Å²) >= 11 is 1.23. The standard InChI is InChI=1S/C11H16N6O2S/c1-4-5-8-9(20-16-12-8)10-13-14-15-17(10)7(3)6(2)11(18)19/h6-7H,4-5H2,1-3H3,(H,18,19). The quantitative estimate of drug-likeness (QED) is 0.859. The van der Waals surface area contributed by atoms with E-state index in [0.29, 0.717) is 5.82 Å². The summed E-state index contributed by atoms with van der Waals surface area (Å²) in [7, 11) is 0. The smallest absolute Gasteiger partial charge is 0.308 e. The van der Waals surface area contributed by atoms with Crippen LogP contribution < -0.4 is 0 Å². The number of carbonyl (C=O) groups is 1. The monoisotopic (exact) mass is 296 g/mol. The fourth-order valence-electron chi connectivity index (χ4n) is 1.81. The predicted octanol–water partition coefficient (Wildman–Crippen LogP) is 1.43. The van der Waals surface area contributed by atoms with Crippen LogP contribution in [0.25, 0.3) is 10.7 Å². The molecule has 2 rings (SSSR count). The maximum atomic E-state index is 11.1. The molecule has 20 heavy (non-hydrogen) atoms. The molecule has 1 N–H and O–H groups in total. The number of hydrogen-bond acceptors (Lipinski definition) is 7. The fraction of sp³-hybridized carbons (Fsp3) is 0.636. The van der Waals surface area contributed by atoms with Gasteiger partial charge in [-0.05, 0) is 42.2 Å². The number of carboxylic acid groups (broad SMARTS) is 1. The third kappa shape index (κ3) is 2.67. The lowest BCUT2D eigenvalue weighted by Gasteiger charge is -2.16. The molecule has 0 amide bonds. The first kappa shape index (κ1) is 14.5. The van der Waals surface area contributed by atoms with Gasteiger partial charge < -0.3 is 5.11 Å². The average molecular weight is 296 g/mol. The number of tetrazole rings is 1. The molecule has 0 fully saturated rings. The Balaban J connectivity index is 2.37. The SMILES string of the molecule is CCCc1nnsc1-c1nnnn1C(C)C(C)C(=O)O. The van der Waals surface area contributed by atoms with Crippen LogP contribution >= 0.6 is 11.5 Å². The first-order chi connectivity index (χ1) is 9.56. The molecule has 0 aliphatic heterocycles. The highest BCUT2D eigenvalue weighted by Gasteiger charge is 2.26. The van der Waals surface area contributed by atoms with Crippen molar-refractivity contribution in [3.63, 3.8) is 0 Å². The molecule has 0 radical (unpaired) electrons. The molecule has 9 heteroatoms. The van der Waals surface area contributed by atoms with E-state index in [1.165, 1.54) is 16.2 Å². The second-order valence-corrected chi connectivity index (χ2v) is 5.37. The van der Waals surface area contributed by atoms with Crippen LogP contribution in [0.4, 0.5) is 0 Å². The second kappa shape index (κ2) is 6.04. The fourth-order valence-corrected chi connectivity index (χ4v) is 2.50. The number of nitrogens with zero attached hydrogens (tertiary/aromatic N) is 6. The summed E-state index contributed by atoms with van der Waals surface area (Å²) in [5.74, 6) is -0.938. The highest BCUT2D eigenvalue weighted by Crippen LogP contribution is 2.28.